The lowest BCUT2D eigenvalue weighted by Gasteiger charge is -2.18. The van der Waals surface area contributed by atoms with Crippen LogP contribution in [0.5, 0.6) is 0 Å². The number of fused-ring (bicyclic) bond motifs is 1. The van der Waals surface area contributed by atoms with E-state index in [-0.39, 0.29) is 0 Å². The summed E-state index contributed by atoms with van der Waals surface area (Å²) in [4.78, 5) is 4.65. The van der Waals surface area contributed by atoms with Crippen LogP contribution in [0.25, 0.3) is 11.5 Å². The van der Waals surface area contributed by atoms with Crippen molar-refractivity contribution in [2.24, 2.45) is 0 Å². The molecule has 1 aromatic carbocycles. The Morgan fingerprint density at radius 3 is 3.25 bits per heavy atom. The van der Waals surface area contributed by atoms with E-state index in [0.717, 1.165) is 30.9 Å². The fourth-order valence-electron chi connectivity index (χ4n) is 2.99. The molecule has 5 heteroatoms. The van der Waals surface area contributed by atoms with Crippen molar-refractivity contribution in [3.63, 3.8) is 0 Å². The highest BCUT2D eigenvalue weighted by molar-refractivity contribution is 7.99. The van der Waals surface area contributed by atoms with Crippen molar-refractivity contribution in [2.75, 3.05) is 12.3 Å². The van der Waals surface area contributed by atoms with Crippen LogP contribution in [0, 0.1) is 0 Å². The van der Waals surface area contributed by atoms with Gasteiger partial charge in [0, 0.05) is 12.1 Å². The largest absolute Gasteiger partial charge is 0.334 e. The van der Waals surface area contributed by atoms with Crippen molar-refractivity contribution < 1.29 is 4.52 Å². The average molecular weight is 287 g/mol. The number of aromatic nitrogens is 2. The lowest BCUT2D eigenvalue weighted by molar-refractivity contribution is 0.421. The summed E-state index contributed by atoms with van der Waals surface area (Å²) in [5.74, 6) is 2.77. The number of rotatable bonds is 2. The third-order valence-electron chi connectivity index (χ3n) is 4.03. The van der Waals surface area contributed by atoms with Gasteiger partial charge >= 0.3 is 0 Å². The Morgan fingerprint density at radius 2 is 2.35 bits per heavy atom. The first-order valence-corrected chi connectivity index (χ1v) is 8.24. The molecule has 0 saturated carbocycles. The van der Waals surface area contributed by atoms with Crippen LogP contribution in [0.4, 0.5) is 0 Å². The molecule has 1 N–H and O–H groups in total. The molecule has 4 rings (SSSR count). The van der Waals surface area contributed by atoms with E-state index >= 15 is 0 Å². The molecule has 1 fully saturated rings. The average Bonchev–Trinajstić information content (AvgIpc) is 3.17. The van der Waals surface area contributed by atoms with Gasteiger partial charge in [-0.3, -0.25) is 0 Å². The van der Waals surface area contributed by atoms with E-state index in [1.54, 1.807) is 0 Å². The van der Waals surface area contributed by atoms with E-state index in [2.05, 4.69) is 33.7 Å². The molecule has 104 valence electrons. The third kappa shape index (κ3) is 2.15. The summed E-state index contributed by atoms with van der Waals surface area (Å²) in [6.45, 7) is 1.95. The normalized spacial score (nSPS) is 21.9. The highest BCUT2D eigenvalue weighted by Gasteiger charge is 2.24. The predicted molar refractivity (Wildman–Crippen MR) is 79.6 cm³/mol. The second kappa shape index (κ2) is 5.22. The zero-order valence-electron chi connectivity index (χ0n) is 11.3. The van der Waals surface area contributed by atoms with Gasteiger partial charge in [-0.25, -0.2) is 0 Å². The van der Waals surface area contributed by atoms with Gasteiger partial charge in [-0.2, -0.15) is 16.7 Å². The minimum Gasteiger partial charge on any atom is -0.334 e. The number of benzene rings is 1. The van der Waals surface area contributed by atoms with Crippen molar-refractivity contribution in [1.82, 2.24) is 15.5 Å². The molecule has 1 atom stereocenters. The van der Waals surface area contributed by atoms with Crippen molar-refractivity contribution in [3.8, 4) is 11.5 Å². The smallest absolute Gasteiger partial charge is 0.258 e. The van der Waals surface area contributed by atoms with E-state index in [4.69, 9.17) is 4.52 Å². The van der Waals surface area contributed by atoms with E-state index in [9.17, 15) is 0 Å². The van der Waals surface area contributed by atoms with Crippen LogP contribution in [-0.4, -0.2) is 22.4 Å². The fourth-order valence-corrected chi connectivity index (χ4v) is 4.18. The molecule has 0 spiro atoms. The Labute approximate surface area is 122 Å². The van der Waals surface area contributed by atoms with E-state index in [1.165, 1.54) is 29.7 Å². The van der Waals surface area contributed by atoms with E-state index < -0.39 is 0 Å². The van der Waals surface area contributed by atoms with E-state index in [0.29, 0.717) is 11.1 Å². The zero-order valence-corrected chi connectivity index (χ0v) is 12.1. The molecule has 3 heterocycles. The van der Waals surface area contributed by atoms with Gasteiger partial charge < -0.3 is 9.84 Å². The Kier molecular flexibility index (Phi) is 3.24. The minimum absolute atomic E-state index is 0.425. The molecule has 0 amide bonds. The van der Waals surface area contributed by atoms with Gasteiger partial charge in [-0.15, -0.1) is 0 Å². The zero-order chi connectivity index (χ0) is 13.4. The highest BCUT2D eigenvalue weighted by Crippen LogP contribution is 2.39. The van der Waals surface area contributed by atoms with Gasteiger partial charge in [0.25, 0.3) is 5.89 Å². The summed E-state index contributed by atoms with van der Waals surface area (Å²) in [6, 6.07) is 6.35. The van der Waals surface area contributed by atoms with Crippen molar-refractivity contribution in [1.29, 1.82) is 0 Å². The van der Waals surface area contributed by atoms with Gasteiger partial charge in [0.05, 0.1) is 5.25 Å². The number of hydrogen-bond acceptors (Lipinski definition) is 5. The number of hydrogen-bond donors (Lipinski definition) is 1. The topological polar surface area (TPSA) is 51.0 Å². The van der Waals surface area contributed by atoms with Gasteiger partial charge in [-0.05, 0) is 48.8 Å². The molecule has 2 aliphatic heterocycles. The standard InChI is InChI=1S/C15H17N3OS/c1-3-10-9-16-7-6-11(10)12(4-1)15-17-14(18-19-15)13-5-2-8-20-13/h1,3-4,13,16H,2,5-9H2. The Balaban J connectivity index is 1.70. The molecule has 2 aromatic rings. The molecule has 4 nitrogen and oxygen atoms in total. The summed E-state index contributed by atoms with van der Waals surface area (Å²) < 4.78 is 5.53. The van der Waals surface area contributed by atoms with Crippen LogP contribution in [0.15, 0.2) is 22.7 Å². The molecular formula is C15H17N3OS. The maximum Gasteiger partial charge on any atom is 0.258 e. The lowest BCUT2D eigenvalue weighted by Crippen LogP contribution is -2.24. The first-order valence-electron chi connectivity index (χ1n) is 7.19. The lowest BCUT2D eigenvalue weighted by atomic mass is 9.95. The van der Waals surface area contributed by atoms with Crippen LogP contribution in [0.2, 0.25) is 0 Å². The molecule has 0 radical (unpaired) electrons. The van der Waals surface area contributed by atoms with Crippen LogP contribution < -0.4 is 5.32 Å². The molecule has 2 aliphatic rings. The molecule has 1 saturated heterocycles. The number of nitrogens with zero attached hydrogens (tertiary/aromatic N) is 2. The van der Waals surface area contributed by atoms with Gasteiger partial charge in [0.1, 0.15) is 0 Å². The summed E-state index contributed by atoms with van der Waals surface area (Å²) in [7, 11) is 0. The fraction of sp³-hybridized carbons (Fsp3) is 0.467. The van der Waals surface area contributed by atoms with Crippen LogP contribution in [0.3, 0.4) is 0 Å². The molecule has 1 unspecified atom stereocenters. The number of nitrogens with one attached hydrogen (secondary N) is 1. The van der Waals surface area contributed by atoms with Crippen LogP contribution in [0.1, 0.15) is 35.0 Å². The monoisotopic (exact) mass is 287 g/mol. The maximum absolute atomic E-state index is 5.53. The van der Waals surface area contributed by atoms with Gasteiger partial charge in [-0.1, -0.05) is 17.3 Å². The first kappa shape index (κ1) is 12.4. The SMILES string of the molecule is c1cc2c(c(-c3nc(C4CCCS4)no3)c1)CCNC2. The van der Waals surface area contributed by atoms with Crippen molar-refractivity contribution >= 4 is 11.8 Å². The quantitative estimate of drug-likeness (QED) is 0.920. The molecule has 0 bridgehead atoms. The highest BCUT2D eigenvalue weighted by atomic mass is 32.2. The Hall–Kier alpha value is -1.33. The second-order valence-corrected chi connectivity index (χ2v) is 6.64. The van der Waals surface area contributed by atoms with Crippen molar-refractivity contribution in [2.45, 2.75) is 31.1 Å². The van der Waals surface area contributed by atoms with Crippen LogP contribution >= 0.6 is 11.8 Å². The van der Waals surface area contributed by atoms with Gasteiger partial charge in [0.2, 0.25) is 0 Å². The Bertz CT molecular complexity index is 619. The van der Waals surface area contributed by atoms with E-state index in [1.807, 2.05) is 11.8 Å². The summed E-state index contributed by atoms with van der Waals surface area (Å²) in [5, 5.41) is 8.03. The summed E-state index contributed by atoms with van der Waals surface area (Å²) in [5.41, 5.74) is 3.83. The molecule has 0 aliphatic carbocycles. The molecule has 1 aromatic heterocycles. The van der Waals surface area contributed by atoms with Crippen LogP contribution in [-0.2, 0) is 13.0 Å². The number of thioether (sulfide) groups is 1. The predicted octanol–water partition coefficient (Wildman–Crippen LogP) is 2.95. The molecular weight excluding hydrogens is 270 g/mol. The second-order valence-electron chi connectivity index (χ2n) is 5.33. The minimum atomic E-state index is 0.425. The summed E-state index contributed by atoms with van der Waals surface area (Å²) >= 11 is 1.94. The first-order chi connectivity index (χ1) is 9.92. The molecule has 20 heavy (non-hydrogen) atoms. The van der Waals surface area contributed by atoms with Crippen molar-refractivity contribution in [3.05, 3.63) is 35.2 Å². The summed E-state index contributed by atoms with van der Waals surface area (Å²) in [6.07, 6.45) is 3.45. The third-order valence-corrected chi connectivity index (χ3v) is 5.40. The van der Waals surface area contributed by atoms with Gasteiger partial charge in [0.15, 0.2) is 5.82 Å². The Morgan fingerprint density at radius 1 is 1.35 bits per heavy atom. The maximum atomic E-state index is 5.53.